The Balaban J connectivity index is 1.66. The zero-order chi connectivity index (χ0) is 14.4. The van der Waals surface area contributed by atoms with E-state index >= 15 is 0 Å². The van der Waals surface area contributed by atoms with Crippen LogP contribution < -0.4 is 5.32 Å². The van der Waals surface area contributed by atoms with Gasteiger partial charge in [0, 0.05) is 17.4 Å². The lowest BCUT2D eigenvalue weighted by atomic mass is 9.87. The van der Waals surface area contributed by atoms with Crippen LogP contribution in [0.3, 0.4) is 0 Å². The molecule has 0 saturated heterocycles. The Hall–Kier alpha value is -0.870. The molecule has 1 aromatic carbocycles. The van der Waals surface area contributed by atoms with Crippen molar-refractivity contribution in [2.75, 3.05) is 6.54 Å². The summed E-state index contributed by atoms with van der Waals surface area (Å²) in [5.41, 5.74) is 1.18. The Morgan fingerprint density at radius 1 is 1.30 bits per heavy atom. The number of halogens is 1. The highest BCUT2D eigenvalue weighted by molar-refractivity contribution is 9.10. The monoisotopic (exact) mass is 339 g/mol. The highest BCUT2D eigenvalue weighted by Gasteiger charge is 2.20. The Labute approximate surface area is 128 Å². The van der Waals surface area contributed by atoms with Gasteiger partial charge in [0.05, 0.1) is 6.10 Å². The molecule has 1 aliphatic carbocycles. The van der Waals surface area contributed by atoms with E-state index in [9.17, 15) is 9.90 Å². The summed E-state index contributed by atoms with van der Waals surface area (Å²) in [5.74, 6) is 0.545. The second-order valence-electron chi connectivity index (χ2n) is 5.62. The number of aliphatic hydroxyl groups is 1. The number of hydrogen-bond donors (Lipinski definition) is 2. The Morgan fingerprint density at radius 2 is 2.05 bits per heavy atom. The predicted molar refractivity (Wildman–Crippen MR) is 83.4 cm³/mol. The average Bonchev–Trinajstić information content (AvgIpc) is 2.45. The molecule has 0 aromatic heterocycles. The first-order chi connectivity index (χ1) is 9.63. The summed E-state index contributed by atoms with van der Waals surface area (Å²) in [7, 11) is 0. The van der Waals surface area contributed by atoms with Gasteiger partial charge in [0.1, 0.15) is 0 Å². The van der Waals surface area contributed by atoms with Gasteiger partial charge >= 0.3 is 0 Å². The van der Waals surface area contributed by atoms with E-state index in [0.29, 0.717) is 18.9 Å². The van der Waals surface area contributed by atoms with Crippen molar-refractivity contribution in [3.05, 3.63) is 34.3 Å². The molecule has 20 heavy (non-hydrogen) atoms. The molecule has 1 saturated carbocycles. The van der Waals surface area contributed by atoms with Gasteiger partial charge < -0.3 is 10.4 Å². The van der Waals surface area contributed by atoms with E-state index in [-0.39, 0.29) is 12.0 Å². The van der Waals surface area contributed by atoms with E-state index in [1.54, 1.807) is 0 Å². The van der Waals surface area contributed by atoms with Crippen LogP contribution in [0.15, 0.2) is 28.7 Å². The van der Waals surface area contributed by atoms with Gasteiger partial charge in [-0.1, -0.05) is 34.5 Å². The SMILES string of the molecule is O=C(CCc1ccc(Br)cc1)NCC1CCCC(O)C1. The quantitative estimate of drug-likeness (QED) is 0.866. The summed E-state index contributed by atoms with van der Waals surface area (Å²) < 4.78 is 1.06. The molecule has 0 aliphatic heterocycles. The van der Waals surface area contributed by atoms with Crippen LogP contribution in [-0.2, 0) is 11.2 Å². The van der Waals surface area contributed by atoms with E-state index in [2.05, 4.69) is 21.2 Å². The topological polar surface area (TPSA) is 49.3 Å². The molecule has 2 N–H and O–H groups in total. The third-order valence-electron chi connectivity index (χ3n) is 3.90. The molecule has 2 atom stereocenters. The summed E-state index contributed by atoms with van der Waals surface area (Å²) >= 11 is 3.40. The van der Waals surface area contributed by atoms with Gasteiger partial charge in [0.15, 0.2) is 0 Å². The largest absolute Gasteiger partial charge is 0.393 e. The highest BCUT2D eigenvalue weighted by Crippen LogP contribution is 2.23. The van der Waals surface area contributed by atoms with Crippen LogP contribution in [0.1, 0.15) is 37.7 Å². The third-order valence-corrected chi connectivity index (χ3v) is 4.43. The van der Waals surface area contributed by atoms with Crippen LogP contribution in [0.4, 0.5) is 0 Å². The van der Waals surface area contributed by atoms with E-state index in [1.165, 1.54) is 5.56 Å². The van der Waals surface area contributed by atoms with Crippen molar-refractivity contribution in [3.8, 4) is 0 Å². The molecule has 110 valence electrons. The molecular formula is C16H22BrNO2. The van der Waals surface area contributed by atoms with Gasteiger partial charge in [-0.3, -0.25) is 4.79 Å². The number of rotatable bonds is 5. The Kier molecular flexibility index (Phi) is 6.05. The van der Waals surface area contributed by atoms with Crippen molar-refractivity contribution in [1.82, 2.24) is 5.32 Å². The minimum atomic E-state index is -0.173. The van der Waals surface area contributed by atoms with Gasteiger partial charge in [-0.15, -0.1) is 0 Å². The maximum Gasteiger partial charge on any atom is 0.220 e. The lowest BCUT2D eigenvalue weighted by molar-refractivity contribution is -0.121. The second-order valence-corrected chi connectivity index (χ2v) is 6.53. The van der Waals surface area contributed by atoms with Crippen LogP contribution in [0.25, 0.3) is 0 Å². The first kappa shape index (κ1) is 15.5. The molecule has 1 amide bonds. The number of hydrogen-bond acceptors (Lipinski definition) is 2. The van der Waals surface area contributed by atoms with E-state index in [0.717, 1.165) is 36.6 Å². The fraction of sp³-hybridized carbons (Fsp3) is 0.562. The summed E-state index contributed by atoms with van der Waals surface area (Å²) in [6, 6.07) is 8.07. The molecule has 2 rings (SSSR count). The second kappa shape index (κ2) is 7.79. The van der Waals surface area contributed by atoms with Crippen molar-refractivity contribution in [2.45, 2.75) is 44.6 Å². The number of nitrogens with one attached hydrogen (secondary N) is 1. The van der Waals surface area contributed by atoms with Gasteiger partial charge in [-0.2, -0.15) is 0 Å². The smallest absolute Gasteiger partial charge is 0.220 e. The maximum absolute atomic E-state index is 11.8. The van der Waals surface area contributed by atoms with E-state index in [1.807, 2.05) is 24.3 Å². The molecule has 0 heterocycles. The molecule has 0 bridgehead atoms. The molecule has 1 fully saturated rings. The van der Waals surface area contributed by atoms with E-state index in [4.69, 9.17) is 0 Å². The van der Waals surface area contributed by atoms with Crippen LogP contribution in [0, 0.1) is 5.92 Å². The zero-order valence-corrected chi connectivity index (χ0v) is 13.2. The summed E-state index contributed by atoms with van der Waals surface area (Å²) in [6.07, 6.45) is 5.04. The van der Waals surface area contributed by atoms with Crippen LogP contribution in [0.2, 0.25) is 0 Å². The minimum absolute atomic E-state index is 0.105. The predicted octanol–water partition coefficient (Wildman–Crippen LogP) is 3.05. The molecule has 3 nitrogen and oxygen atoms in total. The first-order valence-electron chi connectivity index (χ1n) is 7.32. The number of carbonyl (C=O) groups is 1. The Morgan fingerprint density at radius 3 is 2.75 bits per heavy atom. The zero-order valence-electron chi connectivity index (χ0n) is 11.6. The number of amides is 1. The van der Waals surface area contributed by atoms with Gasteiger partial charge in [0.25, 0.3) is 0 Å². The third kappa shape index (κ3) is 5.25. The number of aryl methyl sites for hydroxylation is 1. The number of benzene rings is 1. The normalized spacial score (nSPS) is 22.5. The molecule has 1 aromatic rings. The van der Waals surface area contributed by atoms with Gasteiger partial charge in [-0.05, 0) is 49.3 Å². The molecule has 0 spiro atoms. The fourth-order valence-corrected chi connectivity index (χ4v) is 2.97. The summed E-state index contributed by atoms with van der Waals surface area (Å²) in [4.78, 5) is 11.8. The molecular weight excluding hydrogens is 318 g/mol. The average molecular weight is 340 g/mol. The lowest BCUT2D eigenvalue weighted by Crippen LogP contribution is -2.33. The number of carbonyl (C=O) groups excluding carboxylic acids is 1. The lowest BCUT2D eigenvalue weighted by Gasteiger charge is -2.25. The van der Waals surface area contributed by atoms with Crippen molar-refractivity contribution >= 4 is 21.8 Å². The highest BCUT2D eigenvalue weighted by atomic mass is 79.9. The van der Waals surface area contributed by atoms with Crippen LogP contribution in [0.5, 0.6) is 0 Å². The fourth-order valence-electron chi connectivity index (χ4n) is 2.70. The van der Waals surface area contributed by atoms with Crippen molar-refractivity contribution in [1.29, 1.82) is 0 Å². The molecule has 2 unspecified atom stereocenters. The van der Waals surface area contributed by atoms with E-state index < -0.39 is 0 Å². The molecule has 4 heteroatoms. The standard InChI is InChI=1S/C16H22BrNO2/c17-14-7-4-12(5-8-14)6-9-16(20)18-11-13-2-1-3-15(19)10-13/h4-5,7-8,13,15,19H,1-3,6,9-11H2,(H,18,20). The molecule has 1 aliphatic rings. The minimum Gasteiger partial charge on any atom is -0.393 e. The summed E-state index contributed by atoms with van der Waals surface area (Å²) in [5, 5.41) is 12.6. The van der Waals surface area contributed by atoms with Crippen molar-refractivity contribution < 1.29 is 9.90 Å². The Bertz CT molecular complexity index is 433. The van der Waals surface area contributed by atoms with Crippen molar-refractivity contribution in [2.24, 2.45) is 5.92 Å². The maximum atomic E-state index is 11.8. The molecule has 0 radical (unpaired) electrons. The number of aliphatic hydroxyl groups excluding tert-OH is 1. The van der Waals surface area contributed by atoms with Crippen molar-refractivity contribution in [3.63, 3.8) is 0 Å². The summed E-state index contributed by atoms with van der Waals surface area (Å²) in [6.45, 7) is 0.705. The van der Waals surface area contributed by atoms with Crippen LogP contribution >= 0.6 is 15.9 Å². The first-order valence-corrected chi connectivity index (χ1v) is 8.12. The van der Waals surface area contributed by atoms with Gasteiger partial charge in [0.2, 0.25) is 5.91 Å². The van der Waals surface area contributed by atoms with Gasteiger partial charge in [-0.25, -0.2) is 0 Å². The van der Waals surface area contributed by atoms with Crippen LogP contribution in [-0.4, -0.2) is 23.7 Å².